The van der Waals surface area contributed by atoms with Crippen molar-refractivity contribution in [1.82, 2.24) is 5.32 Å². The Labute approximate surface area is 136 Å². The largest absolute Gasteiger partial charge is 0.460 e. The average Bonchev–Trinajstić information content (AvgIpc) is 2.93. The minimum absolute atomic E-state index is 0.0845. The van der Waals surface area contributed by atoms with Crippen LogP contribution in [0.5, 0.6) is 0 Å². The van der Waals surface area contributed by atoms with E-state index in [1.165, 1.54) is 0 Å². The molecule has 0 bridgehead atoms. The smallest absolute Gasteiger partial charge is 0.244 e. The maximum absolute atomic E-state index is 12.1. The standard InChI is InChI=1S/C19H23NO3/c1-2-17-16(15-5-3-4-6-18(15)23-17)11-12-19(22)20-13-7-9-14(21)10-8-13/h3-6,11-14,21H,2,7-10H2,1H3,(H,20,22). The van der Waals surface area contributed by atoms with Crippen molar-refractivity contribution in [1.29, 1.82) is 0 Å². The molecule has 4 heteroatoms. The van der Waals surface area contributed by atoms with Gasteiger partial charge in [-0.25, -0.2) is 0 Å². The van der Waals surface area contributed by atoms with Crippen molar-refractivity contribution in [3.63, 3.8) is 0 Å². The van der Waals surface area contributed by atoms with Crippen LogP contribution in [0.2, 0.25) is 0 Å². The predicted molar refractivity (Wildman–Crippen MR) is 91.0 cm³/mol. The van der Waals surface area contributed by atoms with Crippen LogP contribution in [0.25, 0.3) is 17.0 Å². The van der Waals surface area contributed by atoms with Crippen molar-refractivity contribution < 1.29 is 14.3 Å². The summed E-state index contributed by atoms with van der Waals surface area (Å²) < 4.78 is 5.83. The first kappa shape index (κ1) is 15.8. The first-order valence-corrected chi connectivity index (χ1v) is 8.34. The number of rotatable bonds is 4. The molecular formula is C19H23NO3. The van der Waals surface area contributed by atoms with Crippen molar-refractivity contribution in [2.75, 3.05) is 0 Å². The zero-order valence-corrected chi connectivity index (χ0v) is 13.4. The predicted octanol–water partition coefficient (Wildman–Crippen LogP) is 3.43. The van der Waals surface area contributed by atoms with Crippen molar-refractivity contribution in [3.05, 3.63) is 41.7 Å². The van der Waals surface area contributed by atoms with E-state index in [0.717, 1.165) is 54.4 Å². The Balaban J connectivity index is 1.71. The molecule has 23 heavy (non-hydrogen) atoms. The summed E-state index contributed by atoms with van der Waals surface area (Å²) in [6.07, 6.45) is 7.23. The Hall–Kier alpha value is -2.07. The van der Waals surface area contributed by atoms with E-state index in [4.69, 9.17) is 4.42 Å². The van der Waals surface area contributed by atoms with E-state index in [9.17, 15) is 9.90 Å². The molecule has 1 saturated carbocycles. The van der Waals surface area contributed by atoms with E-state index < -0.39 is 0 Å². The minimum Gasteiger partial charge on any atom is -0.460 e. The summed E-state index contributed by atoms with van der Waals surface area (Å²) >= 11 is 0. The molecule has 0 spiro atoms. The second-order valence-corrected chi connectivity index (χ2v) is 6.14. The van der Waals surface area contributed by atoms with E-state index in [-0.39, 0.29) is 18.1 Å². The quantitative estimate of drug-likeness (QED) is 0.850. The van der Waals surface area contributed by atoms with E-state index in [0.29, 0.717) is 0 Å². The van der Waals surface area contributed by atoms with Crippen LogP contribution in [0, 0.1) is 0 Å². The number of hydrogen-bond acceptors (Lipinski definition) is 3. The summed E-state index contributed by atoms with van der Waals surface area (Å²) in [4.78, 5) is 12.1. The SMILES string of the molecule is CCc1oc2ccccc2c1C=CC(=O)NC1CCC(O)CC1. The first-order chi connectivity index (χ1) is 11.2. The van der Waals surface area contributed by atoms with Crippen LogP contribution in [0.3, 0.4) is 0 Å². The molecular weight excluding hydrogens is 290 g/mol. The summed E-state index contributed by atoms with van der Waals surface area (Å²) in [5.74, 6) is 0.815. The number of furan rings is 1. The fraction of sp³-hybridized carbons (Fsp3) is 0.421. The van der Waals surface area contributed by atoms with Crippen LogP contribution < -0.4 is 5.32 Å². The Kier molecular flexibility index (Phi) is 4.82. The Morgan fingerprint density at radius 3 is 2.78 bits per heavy atom. The molecule has 1 aromatic heterocycles. The molecule has 4 nitrogen and oxygen atoms in total. The minimum atomic E-state index is -0.205. The molecule has 0 unspecified atom stereocenters. The van der Waals surface area contributed by atoms with Gasteiger partial charge in [0.05, 0.1) is 6.10 Å². The molecule has 1 aliphatic rings. The third-order valence-electron chi connectivity index (χ3n) is 4.48. The lowest BCUT2D eigenvalue weighted by molar-refractivity contribution is -0.117. The second-order valence-electron chi connectivity index (χ2n) is 6.14. The highest BCUT2D eigenvalue weighted by Gasteiger charge is 2.20. The summed E-state index contributed by atoms with van der Waals surface area (Å²) in [5.41, 5.74) is 1.84. The Bertz CT molecular complexity index is 708. The van der Waals surface area contributed by atoms with Crippen molar-refractivity contribution in [3.8, 4) is 0 Å². The molecule has 2 aromatic rings. The molecule has 3 rings (SSSR count). The lowest BCUT2D eigenvalue weighted by atomic mass is 9.93. The number of carbonyl (C=O) groups excluding carboxylic acids is 1. The van der Waals surface area contributed by atoms with Crippen LogP contribution in [0.4, 0.5) is 0 Å². The van der Waals surface area contributed by atoms with Crippen molar-refractivity contribution in [2.24, 2.45) is 0 Å². The maximum atomic E-state index is 12.1. The summed E-state index contributed by atoms with van der Waals surface area (Å²) in [6, 6.07) is 8.05. The number of benzene rings is 1. The van der Waals surface area contributed by atoms with E-state index in [1.807, 2.05) is 37.3 Å². The highest BCUT2D eigenvalue weighted by molar-refractivity contribution is 5.96. The van der Waals surface area contributed by atoms with E-state index in [2.05, 4.69) is 5.32 Å². The van der Waals surface area contributed by atoms with Gasteiger partial charge in [0.15, 0.2) is 0 Å². The van der Waals surface area contributed by atoms with Gasteiger partial charge in [0, 0.05) is 29.5 Å². The number of aliphatic hydroxyl groups excluding tert-OH is 1. The molecule has 122 valence electrons. The van der Waals surface area contributed by atoms with Gasteiger partial charge >= 0.3 is 0 Å². The normalized spacial score (nSPS) is 21.8. The number of carbonyl (C=O) groups is 1. The van der Waals surface area contributed by atoms with Gasteiger partial charge in [0.2, 0.25) is 5.91 Å². The number of aliphatic hydroxyl groups is 1. The van der Waals surface area contributed by atoms with Gasteiger partial charge < -0.3 is 14.8 Å². The first-order valence-electron chi connectivity index (χ1n) is 8.34. The number of nitrogens with one attached hydrogen (secondary N) is 1. The third-order valence-corrected chi connectivity index (χ3v) is 4.48. The topological polar surface area (TPSA) is 62.5 Å². The van der Waals surface area contributed by atoms with Crippen LogP contribution in [0.15, 0.2) is 34.8 Å². The number of fused-ring (bicyclic) bond motifs is 1. The van der Waals surface area contributed by atoms with Gasteiger partial charge in [-0.1, -0.05) is 25.1 Å². The van der Waals surface area contributed by atoms with Crippen molar-refractivity contribution >= 4 is 23.0 Å². The lowest BCUT2D eigenvalue weighted by Gasteiger charge is -2.25. The van der Waals surface area contributed by atoms with E-state index in [1.54, 1.807) is 6.08 Å². The Morgan fingerprint density at radius 2 is 2.04 bits per heavy atom. The number of para-hydroxylation sites is 1. The van der Waals surface area contributed by atoms with Crippen LogP contribution in [-0.4, -0.2) is 23.2 Å². The van der Waals surface area contributed by atoms with Gasteiger partial charge in [0.1, 0.15) is 11.3 Å². The summed E-state index contributed by atoms with van der Waals surface area (Å²) in [7, 11) is 0. The zero-order chi connectivity index (χ0) is 16.2. The second kappa shape index (κ2) is 7.01. The van der Waals surface area contributed by atoms with Gasteiger partial charge in [-0.15, -0.1) is 0 Å². The number of amides is 1. The van der Waals surface area contributed by atoms with Gasteiger partial charge in [-0.05, 0) is 37.8 Å². The molecule has 0 aliphatic heterocycles. The molecule has 2 N–H and O–H groups in total. The summed E-state index contributed by atoms with van der Waals surface area (Å²) in [5, 5.41) is 13.6. The molecule has 1 heterocycles. The molecule has 1 aliphatic carbocycles. The molecule has 0 atom stereocenters. The molecule has 0 saturated heterocycles. The lowest BCUT2D eigenvalue weighted by Crippen LogP contribution is -2.37. The fourth-order valence-electron chi connectivity index (χ4n) is 3.19. The maximum Gasteiger partial charge on any atom is 0.244 e. The van der Waals surface area contributed by atoms with Crippen LogP contribution >= 0.6 is 0 Å². The van der Waals surface area contributed by atoms with Crippen LogP contribution in [-0.2, 0) is 11.2 Å². The fourth-order valence-corrected chi connectivity index (χ4v) is 3.19. The molecule has 1 amide bonds. The molecule has 1 aromatic carbocycles. The van der Waals surface area contributed by atoms with E-state index >= 15 is 0 Å². The molecule has 1 fully saturated rings. The average molecular weight is 313 g/mol. The Morgan fingerprint density at radius 1 is 1.30 bits per heavy atom. The highest BCUT2D eigenvalue weighted by Crippen LogP contribution is 2.27. The summed E-state index contributed by atoms with van der Waals surface area (Å²) in [6.45, 7) is 2.04. The van der Waals surface area contributed by atoms with Crippen molar-refractivity contribution in [2.45, 2.75) is 51.2 Å². The van der Waals surface area contributed by atoms with Gasteiger partial charge in [0.25, 0.3) is 0 Å². The number of hydrogen-bond donors (Lipinski definition) is 2. The monoisotopic (exact) mass is 313 g/mol. The third kappa shape index (κ3) is 3.64. The zero-order valence-electron chi connectivity index (χ0n) is 13.4. The van der Waals surface area contributed by atoms with Gasteiger partial charge in [-0.2, -0.15) is 0 Å². The van der Waals surface area contributed by atoms with Crippen LogP contribution in [0.1, 0.15) is 43.9 Å². The van der Waals surface area contributed by atoms with Gasteiger partial charge in [-0.3, -0.25) is 4.79 Å². The molecule has 0 radical (unpaired) electrons. The number of aryl methyl sites for hydroxylation is 1. The highest BCUT2D eigenvalue weighted by atomic mass is 16.3.